The van der Waals surface area contributed by atoms with Gasteiger partial charge in [0.05, 0.1) is 6.54 Å². The largest absolute Gasteiger partial charge is 0.322 e. The van der Waals surface area contributed by atoms with Crippen LogP contribution in [0.5, 0.6) is 0 Å². The molecule has 1 rings (SSSR count). The van der Waals surface area contributed by atoms with Crippen LogP contribution in [0, 0.1) is 0 Å². The Labute approximate surface area is 94.8 Å². The van der Waals surface area contributed by atoms with Gasteiger partial charge in [-0.2, -0.15) is 0 Å². The van der Waals surface area contributed by atoms with Crippen LogP contribution in [-0.4, -0.2) is 19.0 Å². The van der Waals surface area contributed by atoms with Crippen LogP contribution < -0.4 is 10.6 Å². The molecule has 0 fully saturated rings. The normalized spacial score (nSPS) is 10.1. The summed E-state index contributed by atoms with van der Waals surface area (Å²) < 4.78 is 0. The molecular weight excluding hydrogens is 212 g/mol. The van der Waals surface area contributed by atoms with Crippen molar-refractivity contribution in [1.29, 1.82) is 0 Å². The predicted molar refractivity (Wildman–Crippen MR) is 63.2 cm³/mol. The van der Waals surface area contributed by atoms with Gasteiger partial charge in [0.25, 0.3) is 0 Å². The second-order valence-corrected chi connectivity index (χ2v) is 3.66. The molecule has 3 nitrogen and oxygen atoms in total. The summed E-state index contributed by atoms with van der Waals surface area (Å²) in [5.74, 6) is -0.0702. The Morgan fingerprint density at radius 1 is 1.40 bits per heavy atom. The molecule has 0 saturated carbocycles. The average molecular weight is 227 g/mol. The maximum absolute atomic E-state index is 11.6. The van der Waals surface area contributed by atoms with Crippen molar-refractivity contribution >= 4 is 23.2 Å². The lowest BCUT2D eigenvalue weighted by Gasteiger charge is -2.21. The number of halogens is 1. The van der Waals surface area contributed by atoms with E-state index in [1.807, 2.05) is 19.1 Å². The van der Waals surface area contributed by atoms with Crippen LogP contribution in [-0.2, 0) is 4.79 Å². The Balaban J connectivity index is 2.88. The zero-order valence-corrected chi connectivity index (χ0v) is 9.50. The third-order valence-corrected chi connectivity index (χ3v) is 2.31. The summed E-state index contributed by atoms with van der Waals surface area (Å²) in [6.45, 7) is 2.73. The van der Waals surface area contributed by atoms with E-state index in [-0.39, 0.29) is 12.5 Å². The summed E-state index contributed by atoms with van der Waals surface area (Å²) in [6.07, 6.45) is 0.897. The Hall–Kier alpha value is -1.06. The van der Waals surface area contributed by atoms with Crippen molar-refractivity contribution in [2.24, 2.45) is 5.73 Å². The minimum Gasteiger partial charge on any atom is -0.322 e. The molecule has 82 valence electrons. The number of carbonyl (C=O) groups excluding carboxylic acids is 1. The number of hydrogen-bond acceptors (Lipinski definition) is 2. The Bertz CT molecular complexity index is 324. The fourth-order valence-electron chi connectivity index (χ4n) is 1.35. The van der Waals surface area contributed by atoms with Crippen molar-refractivity contribution in [3.63, 3.8) is 0 Å². The molecule has 1 aromatic rings. The van der Waals surface area contributed by atoms with Gasteiger partial charge < -0.3 is 10.6 Å². The van der Waals surface area contributed by atoms with Gasteiger partial charge in [0.15, 0.2) is 0 Å². The zero-order valence-electron chi connectivity index (χ0n) is 8.74. The molecule has 0 aromatic heterocycles. The number of amides is 1. The minimum atomic E-state index is -0.0702. The smallest absolute Gasteiger partial charge is 0.240 e. The van der Waals surface area contributed by atoms with Gasteiger partial charge in [-0.05, 0) is 30.7 Å². The van der Waals surface area contributed by atoms with E-state index in [4.69, 9.17) is 17.3 Å². The zero-order chi connectivity index (χ0) is 11.3. The van der Waals surface area contributed by atoms with Crippen LogP contribution in [0.4, 0.5) is 5.69 Å². The third kappa shape index (κ3) is 3.22. The highest BCUT2D eigenvalue weighted by Crippen LogP contribution is 2.18. The van der Waals surface area contributed by atoms with Gasteiger partial charge in [-0.15, -0.1) is 0 Å². The highest BCUT2D eigenvalue weighted by molar-refractivity contribution is 6.30. The van der Waals surface area contributed by atoms with E-state index in [1.165, 1.54) is 0 Å². The predicted octanol–water partition coefficient (Wildman–Crippen LogP) is 2.04. The molecule has 0 bridgehead atoms. The van der Waals surface area contributed by atoms with Crippen molar-refractivity contribution in [2.75, 3.05) is 18.0 Å². The first kappa shape index (κ1) is 12.0. The first-order chi connectivity index (χ1) is 7.19. The first-order valence-corrected chi connectivity index (χ1v) is 5.32. The van der Waals surface area contributed by atoms with Gasteiger partial charge in [0.2, 0.25) is 5.91 Å². The number of nitrogens with zero attached hydrogens (tertiary/aromatic N) is 1. The monoisotopic (exact) mass is 226 g/mol. The van der Waals surface area contributed by atoms with Crippen LogP contribution in [0.2, 0.25) is 5.02 Å². The van der Waals surface area contributed by atoms with Crippen LogP contribution in [0.1, 0.15) is 13.3 Å². The van der Waals surface area contributed by atoms with Crippen molar-refractivity contribution < 1.29 is 4.79 Å². The van der Waals surface area contributed by atoms with Gasteiger partial charge in [0, 0.05) is 17.3 Å². The van der Waals surface area contributed by atoms with E-state index in [0.29, 0.717) is 11.6 Å². The summed E-state index contributed by atoms with van der Waals surface area (Å²) in [5.41, 5.74) is 6.20. The molecule has 0 spiro atoms. The molecule has 0 radical (unpaired) electrons. The van der Waals surface area contributed by atoms with Crippen molar-refractivity contribution in [1.82, 2.24) is 0 Å². The molecule has 0 aliphatic heterocycles. The summed E-state index contributed by atoms with van der Waals surface area (Å²) >= 11 is 5.78. The Morgan fingerprint density at radius 2 is 2.00 bits per heavy atom. The van der Waals surface area contributed by atoms with Crippen LogP contribution in [0.25, 0.3) is 0 Å². The SMILES string of the molecule is CCCN(C(=O)CN)c1ccc(Cl)cc1. The number of rotatable bonds is 4. The third-order valence-electron chi connectivity index (χ3n) is 2.06. The fraction of sp³-hybridized carbons (Fsp3) is 0.364. The maximum Gasteiger partial charge on any atom is 0.240 e. The average Bonchev–Trinajstić information content (AvgIpc) is 2.26. The molecule has 1 amide bonds. The summed E-state index contributed by atoms with van der Waals surface area (Å²) in [7, 11) is 0. The van der Waals surface area contributed by atoms with Gasteiger partial charge >= 0.3 is 0 Å². The van der Waals surface area contributed by atoms with Gasteiger partial charge in [-0.25, -0.2) is 0 Å². The van der Waals surface area contributed by atoms with E-state index in [0.717, 1.165) is 12.1 Å². The topological polar surface area (TPSA) is 46.3 Å². The highest BCUT2D eigenvalue weighted by Gasteiger charge is 2.12. The van der Waals surface area contributed by atoms with Crippen LogP contribution in [0.3, 0.4) is 0 Å². The molecule has 0 atom stereocenters. The summed E-state index contributed by atoms with van der Waals surface area (Å²) in [4.78, 5) is 13.2. The molecular formula is C11H15ClN2O. The second-order valence-electron chi connectivity index (χ2n) is 3.23. The number of anilines is 1. The lowest BCUT2D eigenvalue weighted by Crippen LogP contribution is -2.36. The standard InChI is InChI=1S/C11H15ClN2O/c1-2-7-14(11(15)8-13)10-5-3-9(12)4-6-10/h3-6H,2,7-8,13H2,1H3. The fourth-order valence-corrected chi connectivity index (χ4v) is 1.48. The molecule has 0 unspecified atom stereocenters. The summed E-state index contributed by atoms with van der Waals surface area (Å²) in [5, 5.41) is 0.662. The Kier molecular flexibility index (Phi) is 4.59. The molecule has 2 N–H and O–H groups in total. The lowest BCUT2D eigenvalue weighted by molar-refractivity contribution is -0.117. The van der Waals surface area contributed by atoms with Crippen molar-refractivity contribution in [3.8, 4) is 0 Å². The van der Waals surface area contributed by atoms with E-state index in [1.54, 1.807) is 17.0 Å². The molecule has 15 heavy (non-hydrogen) atoms. The first-order valence-electron chi connectivity index (χ1n) is 4.95. The number of carbonyl (C=O) groups is 1. The van der Waals surface area contributed by atoms with Gasteiger partial charge in [0.1, 0.15) is 0 Å². The Morgan fingerprint density at radius 3 is 2.47 bits per heavy atom. The van der Waals surface area contributed by atoms with Crippen molar-refractivity contribution in [2.45, 2.75) is 13.3 Å². The van der Waals surface area contributed by atoms with E-state index >= 15 is 0 Å². The van der Waals surface area contributed by atoms with Gasteiger partial charge in [-0.3, -0.25) is 4.79 Å². The second kappa shape index (κ2) is 5.73. The maximum atomic E-state index is 11.6. The number of benzene rings is 1. The van der Waals surface area contributed by atoms with Crippen LogP contribution in [0.15, 0.2) is 24.3 Å². The van der Waals surface area contributed by atoms with Crippen LogP contribution >= 0.6 is 11.6 Å². The lowest BCUT2D eigenvalue weighted by atomic mass is 10.2. The van der Waals surface area contributed by atoms with E-state index in [2.05, 4.69) is 0 Å². The molecule has 0 heterocycles. The van der Waals surface area contributed by atoms with E-state index < -0.39 is 0 Å². The molecule has 0 aliphatic carbocycles. The quantitative estimate of drug-likeness (QED) is 0.854. The molecule has 0 saturated heterocycles. The molecule has 4 heteroatoms. The minimum absolute atomic E-state index is 0.0304. The summed E-state index contributed by atoms with van der Waals surface area (Å²) in [6, 6.07) is 7.18. The van der Waals surface area contributed by atoms with Gasteiger partial charge in [-0.1, -0.05) is 18.5 Å². The van der Waals surface area contributed by atoms with Crippen molar-refractivity contribution in [3.05, 3.63) is 29.3 Å². The number of hydrogen-bond donors (Lipinski definition) is 1. The molecule has 0 aliphatic rings. The van der Waals surface area contributed by atoms with E-state index in [9.17, 15) is 4.79 Å². The number of nitrogens with two attached hydrogens (primary N) is 1. The highest BCUT2D eigenvalue weighted by atomic mass is 35.5. The molecule has 1 aromatic carbocycles.